The fraction of sp³-hybridized carbons (Fsp3) is 0.118. The number of ether oxygens (including phenoxy) is 1. The van der Waals surface area contributed by atoms with Crippen LogP contribution in [0.25, 0.3) is 0 Å². The normalized spacial score (nSPS) is 14.6. The van der Waals surface area contributed by atoms with Gasteiger partial charge in [0.05, 0.1) is 12.0 Å². The molecule has 4 nitrogen and oxygen atoms in total. The molecule has 122 valence electrons. The van der Waals surface area contributed by atoms with Crippen molar-refractivity contribution in [1.29, 1.82) is 0 Å². The smallest absolute Gasteiger partial charge is 0.259 e. The molecule has 1 heterocycles. The van der Waals surface area contributed by atoms with Crippen LogP contribution in [0.15, 0.2) is 53.6 Å². The molecule has 0 unspecified atom stereocenters. The Balaban J connectivity index is 1.60. The van der Waals surface area contributed by atoms with Gasteiger partial charge in [0.1, 0.15) is 12.4 Å². The van der Waals surface area contributed by atoms with Gasteiger partial charge in [-0.25, -0.2) is 0 Å². The van der Waals surface area contributed by atoms with Gasteiger partial charge in [-0.05, 0) is 35.9 Å². The van der Waals surface area contributed by atoms with Crippen molar-refractivity contribution in [3.05, 3.63) is 64.7 Å². The van der Waals surface area contributed by atoms with Gasteiger partial charge in [0.25, 0.3) is 5.91 Å². The number of benzene rings is 2. The van der Waals surface area contributed by atoms with Gasteiger partial charge in [-0.2, -0.15) is 10.1 Å². The lowest BCUT2D eigenvalue weighted by molar-refractivity contribution is -0.123. The molecule has 24 heavy (non-hydrogen) atoms. The van der Waals surface area contributed by atoms with Gasteiger partial charge in [0, 0.05) is 10.6 Å². The van der Waals surface area contributed by atoms with Crippen molar-refractivity contribution >= 4 is 52.0 Å². The van der Waals surface area contributed by atoms with Crippen molar-refractivity contribution in [3.63, 3.8) is 0 Å². The molecule has 0 bridgehead atoms. The predicted octanol–water partition coefficient (Wildman–Crippen LogP) is 4.11. The van der Waals surface area contributed by atoms with E-state index in [1.165, 1.54) is 16.8 Å². The van der Waals surface area contributed by atoms with E-state index >= 15 is 0 Å². The summed E-state index contributed by atoms with van der Waals surface area (Å²) in [6.45, 7) is 0.404. The van der Waals surface area contributed by atoms with E-state index in [0.29, 0.717) is 21.7 Å². The summed E-state index contributed by atoms with van der Waals surface area (Å²) < 4.78 is 6.20. The molecule has 1 aliphatic heterocycles. The monoisotopic (exact) mass is 376 g/mol. The molecule has 0 spiro atoms. The topological polar surface area (TPSA) is 41.9 Å². The van der Waals surface area contributed by atoms with Crippen molar-refractivity contribution in [1.82, 2.24) is 5.01 Å². The number of hydrogen-bond acceptors (Lipinski definition) is 5. The quantitative estimate of drug-likeness (QED) is 0.581. The van der Waals surface area contributed by atoms with E-state index in [0.717, 1.165) is 16.9 Å². The van der Waals surface area contributed by atoms with Crippen LogP contribution in [-0.4, -0.2) is 27.2 Å². The van der Waals surface area contributed by atoms with Crippen molar-refractivity contribution < 1.29 is 9.53 Å². The molecule has 0 N–H and O–H groups in total. The number of hydrogen-bond donors (Lipinski definition) is 0. The molecule has 1 fully saturated rings. The number of nitrogens with zero attached hydrogens (tertiary/aromatic N) is 2. The molecular formula is C17H13ClN2O2S2. The third kappa shape index (κ3) is 4.14. The predicted molar refractivity (Wildman–Crippen MR) is 102 cm³/mol. The van der Waals surface area contributed by atoms with Crippen LogP contribution in [0.2, 0.25) is 5.02 Å². The third-order valence-corrected chi connectivity index (χ3v) is 4.99. The first-order valence-corrected chi connectivity index (χ1v) is 8.90. The van der Waals surface area contributed by atoms with Crippen molar-refractivity contribution in [2.75, 3.05) is 5.75 Å². The minimum absolute atomic E-state index is 0.0963. The van der Waals surface area contributed by atoms with E-state index in [-0.39, 0.29) is 5.91 Å². The minimum Gasteiger partial charge on any atom is -0.489 e. The molecule has 2 aromatic rings. The minimum atomic E-state index is -0.0963. The lowest BCUT2D eigenvalue weighted by Crippen LogP contribution is -2.22. The summed E-state index contributed by atoms with van der Waals surface area (Å²) in [5.41, 5.74) is 1.79. The molecule has 0 aliphatic carbocycles. The Kier molecular flexibility index (Phi) is 5.50. The number of thioether (sulfide) groups is 1. The lowest BCUT2D eigenvalue weighted by atomic mass is 10.2. The number of thiocarbonyl (C=S) groups is 1. The second-order valence-electron chi connectivity index (χ2n) is 4.95. The maximum absolute atomic E-state index is 11.6. The zero-order chi connectivity index (χ0) is 16.9. The molecule has 3 rings (SSSR count). The number of rotatable bonds is 5. The Morgan fingerprint density at radius 3 is 2.67 bits per heavy atom. The highest BCUT2D eigenvalue weighted by Crippen LogP contribution is 2.20. The van der Waals surface area contributed by atoms with E-state index < -0.39 is 0 Å². The fourth-order valence-corrected chi connectivity index (χ4v) is 3.17. The Labute approximate surface area is 154 Å². The first-order chi connectivity index (χ1) is 11.6. The molecule has 0 saturated carbocycles. The largest absolute Gasteiger partial charge is 0.489 e. The van der Waals surface area contributed by atoms with Gasteiger partial charge >= 0.3 is 0 Å². The van der Waals surface area contributed by atoms with E-state index in [1.807, 2.05) is 48.5 Å². The second kappa shape index (κ2) is 7.79. The van der Waals surface area contributed by atoms with Crippen molar-refractivity contribution in [2.24, 2.45) is 5.10 Å². The summed E-state index contributed by atoms with van der Waals surface area (Å²) in [5, 5.41) is 6.07. The number of halogens is 1. The van der Waals surface area contributed by atoms with Gasteiger partial charge in [-0.3, -0.25) is 4.79 Å². The van der Waals surface area contributed by atoms with Gasteiger partial charge in [0.15, 0.2) is 4.32 Å². The first-order valence-electron chi connectivity index (χ1n) is 7.13. The van der Waals surface area contributed by atoms with E-state index in [9.17, 15) is 4.79 Å². The Morgan fingerprint density at radius 2 is 2.00 bits per heavy atom. The lowest BCUT2D eigenvalue weighted by Gasteiger charge is -2.08. The molecule has 0 radical (unpaired) electrons. The van der Waals surface area contributed by atoms with Gasteiger partial charge < -0.3 is 4.74 Å². The zero-order valence-corrected chi connectivity index (χ0v) is 14.9. The fourth-order valence-electron chi connectivity index (χ4n) is 2.01. The molecule has 0 aromatic heterocycles. The van der Waals surface area contributed by atoms with Crippen LogP contribution in [0.5, 0.6) is 5.75 Å². The number of carbonyl (C=O) groups excluding carboxylic acids is 1. The summed E-state index contributed by atoms with van der Waals surface area (Å²) in [7, 11) is 0. The standard InChI is InChI=1S/C17H13ClN2O2S2/c18-15-4-2-1-3-13(15)10-22-14-7-5-12(6-8-14)9-19-20-16(21)11-24-17(20)23/h1-9H,10-11H2/b19-9+. The molecule has 1 saturated heterocycles. The Morgan fingerprint density at radius 1 is 1.25 bits per heavy atom. The third-order valence-electron chi connectivity index (χ3n) is 3.28. The highest BCUT2D eigenvalue weighted by Gasteiger charge is 2.25. The number of hydrazone groups is 1. The second-order valence-corrected chi connectivity index (χ2v) is 6.97. The van der Waals surface area contributed by atoms with Gasteiger partial charge in [-0.1, -0.05) is 53.8 Å². The highest BCUT2D eigenvalue weighted by atomic mass is 35.5. The molecule has 7 heteroatoms. The summed E-state index contributed by atoms with van der Waals surface area (Å²) in [6.07, 6.45) is 1.61. The van der Waals surface area contributed by atoms with Crippen LogP contribution in [0.1, 0.15) is 11.1 Å². The summed E-state index contributed by atoms with van der Waals surface area (Å²) in [6, 6.07) is 15.0. The maximum atomic E-state index is 11.6. The van der Waals surface area contributed by atoms with Crippen LogP contribution in [0.4, 0.5) is 0 Å². The van der Waals surface area contributed by atoms with Crippen LogP contribution < -0.4 is 4.74 Å². The summed E-state index contributed by atoms with van der Waals surface area (Å²) in [5.74, 6) is 0.988. The molecular weight excluding hydrogens is 364 g/mol. The van der Waals surface area contributed by atoms with E-state index in [1.54, 1.807) is 6.21 Å². The van der Waals surface area contributed by atoms with Gasteiger partial charge in [0.2, 0.25) is 0 Å². The summed E-state index contributed by atoms with van der Waals surface area (Å²) >= 11 is 12.5. The van der Waals surface area contributed by atoms with Crippen LogP contribution >= 0.6 is 35.6 Å². The summed E-state index contributed by atoms with van der Waals surface area (Å²) in [4.78, 5) is 11.6. The molecule has 2 aromatic carbocycles. The van der Waals surface area contributed by atoms with Crippen molar-refractivity contribution in [3.8, 4) is 5.75 Å². The Hall–Kier alpha value is -1.89. The number of amides is 1. The first kappa shape index (κ1) is 17.0. The number of carbonyl (C=O) groups is 1. The van der Waals surface area contributed by atoms with Crippen LogP contribution in [-0.2, 0) is 11.4 Å². The average Bonchev–Trinajstić information content (AvgIpc) is 2.91. The maximum Gasteiger partial charge on any atom is 0.259 e. The highest BCUT2D eigenvalue weighted by molar-refractivity contribution is 8.23. The van der Waals surface area contributed by atoms with Crippen molar-refractivity contribution in [2.45, 2.75) is 6.61 Å². The Bertz CT molecular complexity index is 777. The van der Waals surface area contributed by atoms with Gasteiger partial charge in [-0.15, -0.1) is 0 Å². The van der Waals surface area contributed by atoms with E-state index in [2.05, 4.69) is 5.10 Å². The molecule has 0 atom stereocenters. The van der Waals surface area contributed by atoms with Crippen LogP contribution in [0.3, 0.4) is 0 Å². The molecule has 1 amide bonds. The van der Waals surface area contributed by atoms with E-state index in [4.69, 9.17) is 28.6 Å². The zero-order valence-electron chi connectivity index (χ0n) is 12.5. The molecule has 1 aliphatic rings. The SMILES string of the molecule is O=C1CSC(=S)N1/N=C/c1ccc(OCc2ccccc2Cl)cc1. The average molecular weight is 377 g/mol. The van der Waals surface area contributed by atoms with Crippen LogP contribution in [0, 0.1) is 0 Å².